The Labute approximate surface area is 500 Å². The lowest BCUT2D eigenvalue weighted by Crippen LogP contribution is -2.35. The number of unbranched alkanes of at least 4 members (excludes halogenated alkanes) is 12. The maximum absolute atomic E-state index is 15.2. The molecule has 2 heterocycles. The van der Waals surface area contributed by atoms with Crippen LogP contribution in [0.1, 0.15) is 228 Å². The molecular weight excluding hydrogens is 1030 g/mol. The van der Waals surface area contributed by atoms with E-state index in [0.717, 1.165) is 175 Å². The monoisotopic (exact) mass is 1140 g/mol. The van der Waals surface area contributed by atoms with Gasteiger partial charge in [0.25, 0.3) is 0 Å². The third-order valence-corrected chi connectivity index (χ3v) is 19.0. The third-order valence-electron chi connectivity index (χ3n) is 19.0. The summed E-state index contributed by atoms with van der Waals surface area (Å²) >= 11 is 0. The van der Waals surface area contributed by atoms with Crippen LogP contribution in [0.25, 0.3) is 44.6 Å². The SMILES string of the molecule is CCCCCCCCCCC(CC(C(=O)O)C(c1c2ccc(=[N+](CC)CC)cc-2oc2cc(N(CC)CC)ccc12)C(CC)CCCCCCCC)C(c1c2ccc(=[N+](CC)CC)cc-2oc2cc(N(CC)CC)ccc12)C(CC)C(=O)O. The van der Waals surface area contributed by atoms with Crippen LogP contribution in [0.5, 0.6) is 0 Å². The molecule has 2 aromatic rings. The van der Waals surface area contributed by atoms with Gasteiger partial charge in [-0.2, -0.15) is 0 Å². The molecule has 2 aliphatic carbocycles. The van der Waals surface area contributed by atoms with Gasteiger partial charge in [0.15, 0.2) is 0 Å². The molecule has 4 aliphatic rings. The standard InChI is InChI=1S/C73H108N4O6/c1-13-25-27-29-31-32-34-36-38-53(69(58(16-4)72(78)79)71-61-45-41-56(76(21-9)22-10)50-66(61)83-67-51-57(42-46-62(67)71)77(23-11)24-12)47-63(73(80)81)68(52(15-3)37-35-33-30-28-26-14-2)70-59-43-39-54(74(17-5)18-6)48-64(59)82-65-49-55(40-44-60(65)70)75(19-7)20-8/h39-46,48-53,58,63,68-69H,13-38,47H2,1-12H3/p+2. The first-order valence-electron chi connectivity index (χ1n) is 33.5. The molecule has 6 rings (SSSR count). The number of carboxylic acids is 2. The van der Waals surface area contributed by atoms with E-state index in [1.165, 1.54) is 57.8 Å². The van der Waals surface area contributed by atoms with Crippen LogP contribution in [-0.2, 0) is 9.59 Å². The van der Waals surface area contributed by atoms with Crippen molar-refractivity contribution in [2.24, 2.45) is 23.7 Å². The van der Waals surface area contributed by atoms with Crippen LogP contribution in [0.4, 0.5) is 11.4 Å². The van der Waals surface area contributed by atoms with E-state index in [4.69, 9.17) is 8.83 Å². The van der Waals surface area contributed by atoms with Crippen molar-refractivity contribution in [3.05, 3.63) is 94.6 Å². The van der Waals surface area contributed by atoms with Gasteiger partial charge in [-0.05, 0) is 140 Å². The summed E-state index contributed by atoms with van der Waals surface area (Å²) in [5.41, 5.74) is 7.52. The number of carbonyl (C=O) groups is 2. The van der Waals surface area contributed by atoms with Crippen LogP contribution < -0.4 is 29.7 Å². The van der Waals surface area contributed by atoms with Gasteiger partial charge in [0, 0.05) is 95.6 Å². The summed E-state index contributed by atoms with van der Waals surface area (Å²) in [5, 5.41) is 28.2. The highest BCUT2D eigenvalue weighted by molar-refractivity contribution is 5.93. The van der Waals surface area contributed by atoms with Crippen LogP contribution in [0.3, 0.4) is 0 Å². The molecule has 0 amide bonds. The Morgan fingerprint density at radius 1 is 0.446 bits per heavy atom. The van der Waals surface area contributed by atoms with Gasteiger partial charge < -0.3 is 28.8 Å². The fraction of sp³-hybridized carbons (Fsp3) is 0.616. The maximum Gasteiger partial charge on any atom is 0.307 e. The highest BCUT2D eigenvalue weighted by Gasteiger charge is 2.44. The van der Waals surface area contributed by atoms with Crippen molar-refractivity contribution in [3.8, 4) is 22.6 Å². The number of aliphatic carboxylic acids is 2. The second-order valence-electron chi connectivity index (χ2n) is 23.8. The zero-order valence-corrected chi connectivity index (χ0v) is 53.8. The molecule has 10 nitrogen and oxygen atoms in total. The minimum Gasteiger partial charge on any atom is -0.481 e. The van der Waals surface area contributed by atoms with Gasteiger partial charge in [-0.15, -0.1) is 0 Å². The Bertz CT molecular complexity index is 3020. The predicted molar refractivity (Wildman–Crippen MR) is 351 cm³/mol. The zero-order valence-electron chi connectivity index (χ0n) is 53.8. The number of rotatable bonds is 38. The van der Waals surface area contributed by atoms with Gasteiger partial charge in [-0.3, -0.25) is 9.59 Å². The molecule has 0 aromatic heterocycles. The molecule has 0 bridgehead atoms. The van der Waals surface area contributed by atoms with Crippen molar-refractivity contribution in [2.45, 2.75) is 217 Å². The smallest absolute Gasteiger partial charge is 0.307 e. The number of hydrogen-bond donors (Lipinski definition) is 2. The molecule has 6 atom stereocenters. The highest BCUT2D eigenvalue weighted by Crippen LogP contribution is 2.53. The average Bonchev–Trinajstić information content (AvgIpc) is 1.72. The molecular formula is C73H110N4O6+2. The van der Waals surface area contributed by atoms with Gasteiger partial charge in [0.05, 0.1) is 24.0 Å². The first-order chi connectivity index (χ1) is 40.3. The second-order valence-corrected chi connectivity index (χ2v) is 23.8. The van der Waals surface area contributed by atoms with Gasteiger partial charge in [-0.1, -0.05) is 124 Å². The molecule has 10 heteroatoms. The lowest BCUT2D eigenvalue weighted by atomic mass is 9.64. The van der Waals surface area contributed by atoms with Gasteiger partial charge in [0.2, 0.25) is 10.7 Å². The molecule has 6 unspecified atom stereocenters. The van der Waals surface area contributed by atoms with Crippen LogP contribution in [-0.4, -0.2) is 74.5 Å². The summed E-state index contributed by atoms with van der Waals surface area (Å²) in [6.45, 7) is 32.9. The average molecular weight is 1140 g/mol. The number of hydrogen-bond acceptors (Lipinski definition) is 6. The van der Waals surface area contributed by atoms with Crippen LogP contribution in [0, 0.1) is 23.7 Å². The molecule has 2 aliphatic heterocycles. The molecule has 2 aromatic carbocycles. The first-order valence-corrected chi connectivity index (χ1v) is 33.5. The summed E-state index contributed by atoms with van der Waals surface area (Å²) in [7, 11) is 0. The fourth-order valence-electron chi connectivity index (χ4n) is 14.3. The largest absolute Gasteiger partial charge is 0.481 e. The summed E-state index contributed by atoms with van der Waals surface area (Å²) in [4.78, 5) is 34.3. The normalized spacial score (nSPS) is 14.0. The number of fused-ring (bicyclic) bond motifs is 4. The first kappa shape index (κ1) is 66.5. The molecule has 0 spiro atoms. The van der Waals surface area contributed by atoms with Crippen molar-refractivity contribution >= 4 is 45.3 Å². The Morgan fingerprint density at radius 3 is 1.19 bits per heavy atom. The maximum atomic E-state index is 15.2. The third kappa shape index (κ3) is 16.4. The molecule has 0 saturated heterocycles. The van der Waals surface area contributed by atoms with Gasteiger partial charge in [0.1, 0.15) is 48.9 Å². The zero-order chi connectivity index (χ0) is 60.0. The predicted octanol–water partition coefficient (Wildman–Crippen LogP) is 17.7. The Morgan fingerprint density at radius 2 is 0.831 bits per heavy atom. The highest BCUT2D eigenvalue weighted by atomic mass is 16.4. The Kier molecular flexibility index (Phi) is 27.0. The summed E-state index contributed by atoms with van der Waals surface area (Å²) < 4.78 is 18.9. The van der Waals surface area contributed by atoms with Crippen molar-refractivity contribution in [1.29, 1.82) is 0 Å². The van der Waals surface area contributed by atoms with E-state index < -0.39 is 35.6 Å². The molecule has 2 N–H and O–H groups in total. The Hall–Kier alpha value is -5.64. The molecule has 0 radical (unpaired) electrons. The van der Waals surface area contributed by atoms with Crippen molar-refractivity contribution in [1.82, 2.24) is 9.15 Å². The lowest BCUT2D eigenvalue weighted by Gasteiger charge is -2.39. The molecule has 0 fully saturated rings. The van der Waals surface area contributed by atoms with Gasteiger partial charge in [-0.25, -0.2) is 9.15 Å². The Balaban J connectivity index is 1.71. The van der Waals surface area contributed by atoms with E-state index in [1.54, 1.807) is 0 Å². The van der Waals surface area contributed by atoms with Crippen LogP contribution in [0.15, 0.2) is 81.6 Å². The number of carboxylic acid groups (broad SMARTS) is 2. The minimum atomic E-state index is -0.846. The van der Waals surface area contributed by atoms with Crippen LogP contribution >= 0.6 is 0 Å². The fourth-order valence-corrected chi connectivity index (χ4v) is 14.3. The van der Waals surface area contributed by atoms with E-state index in [0.29, 0.717) is 19.3 Å². The topological polar surface area (TPSA) is 113 Å². The number of anilines is 2. The quantitative estimate of drug-likeness (QED) is 0.0224. The van der Waals surface area contributed by atoms with E-state index in [2.05, 4.69) is 168 Å². The number of nitrogens with zero attached hydrogens (tertiary/aromatic N) is 4. The lowest BCUT2D eigenvalue weighted by molar-refractivity contribution is -0.144. The van der Waals surface area contributed by atoms with E-state index in [1.807, 2.05) is 6.92 Å². The molecule has 0 saturated carbocycles. The van der Waals surface area contributed by atoms with Crippen molar-refractivity contribution in [3.63, 3.8) is 0 Å². The second kappa shape index (κ2) is 33.7. The molecule has 456 valence electrons. The summed E-state index contributed by atoms with van der Waals surface area (Å²) in [6.07, 6.45) is 19.2. The molecule has 83 heavy (non-hydrogen) atoms. The van der Waals surface area contributed by atoms with Crippen molar-refractivity contribution < 1.29 is 28.6 Å². The van der Waals surface area contributed by atoms with E-state index in [9.17, 15) is 15.0 Å². The van der Waals surface area contributed by atoms with E-state index >= 15 is 4.79 Å². The summed E-state index contributed by atoms with van der Waals surface area (Å²) in [6, 6.07) is 26.2. The number of benzene rings is 4. The van der Waals surface area contributed by atoms with Crippen molar-refractivity contribution in [2.75, 3.05) is 62.2 Å². The summed E-state index contributed by atoms with van der Waals surface area (Å²) in [5.74, 6) is -3.02. The van der Waals surface area contributed by atoms with E-state index in [-0.39, 0.29) is 11.8 Å². The van der Waals surface area contributed by atoms with Gasteiger partial charge >= 0.3 is 11.9 Å². The minimum absolute atomic E-state index is 0.0267. The van der Waals surface area contributed by atoms with Crippen LogP contribution in [0.2, 0.25) is 0 Å².